The van der Waals surface area contributed by atoms with E-state index >= 15 is 0 Å². The van der Waals surface area contributed by atoms with Crippen molar-refractivity contribution >= 4 is 23.5 Å². The van der Waals surface area contributed by atoms with Gasteiger partial charge >= 0.3 is 6.03 Å². The van der Waals surface area contributed by atoms with Gasteiger partial charge in [0.2, 0.25) is 0 Å². The Morgan fingerprint density at radius 3 is 2.23 bits per heavy atom. The molecule has 0 aromatic heterocycles. The van der Waals surface area contributed by atoms with Gasteiger partial charge in [0.15, 0.2) is 0 Å². The van der Waals surface area contributed by atoms with E-state index in [-0.39, 0.29) is 6.04 Å². The van der Waals surface area contributed by atoms with Crippen LogP contribution in [0.1, 0.15) is 28.9 Å². The lowest BCUT2D eigenvalue weighted by molar-refractivity contribution is 0.0936. The fourth-order valence-corrected chi connectivity index (χ4v) is 1.97. The van der Waals surface area contributed by atoms with Gasteiger partial charge in [0, 0.05) is 10.6 Å². The summed E-state index contributed by atoms with van der Waals surface area (Å²) in [5, 5.41) is 3.27. The van der Waals surface area contributed by atoms with Gasteiger partial charge in [0.25, 0.3) is 5.91 Å². The first-order valence-corrected chi connectivity index (χ1v) is 7.11. The highest BCUT2D eigenvalue weighted by Gasteiger charge is 2.10. The molecule has 0 spiro atoms. The highest BCUT2D eigenvalue weighted by molar-refractivity contribution is 6.30. The number of rotatable bonds is 3. The summed E-state index contributed by atoms with van der Waals surface area (Å²) in [6.07, 6.45) is 0. The quantitative estimate of drug-likeness (QED) is 0.761. The van der Waals surface area contributed by atoms with Gasteiger partial charge in [-0.3, -0.25) is 10.2 Å². The Morgan fingerprint density at radius 1 is 0.955 bits per heavy atom. The molecule has 114 valence electrons. The van der Waals surface area contributed by atoms with Gasteiger partial charge < -0.3 is 5.32 Å². The van der Waals surface area contributed by atoms with Crippen LogP contribution in [0.3, 0.4) is 0 Å². The Kier molecular flexibility index (Phi) is 5.38. The molecule has 0 saturated heterocycles. The van der Waals surface area contributed by atoms with Crippen LogP contribution >= 0.6 is 11.6 Å². The van der Waals surface area contributed by atoms with E-state index in [9.17, 15) is 9.59 Å². The SMILES string of the molecule is CC(NC(=O)NNC(=O)c1ccc(Cl)cc1)c1ccccc1. The maximum atomic E-state index is 11.8. The highest BCUT2D eigenvalue weighted by Crippen LogP contribution is 2.11. The molecule has 2 aromatic carbocycles. The molecule has 3 amide bonds. The van der Waals surface area contributed by atoms with E-state index in [1.165, 1.54) is 0 Å². The van der Waals surface area contributed by atoms with Crippen molar-refractivity contribution in [3.05, 3.63) is 70.7 Å². The van der Waals surface area contributed by atoms with Crippen molar-refractivity contribution in [2.75, 3.05) is 0 Å². The summed E-state index contributed by atoms with van der Waals surface area (Å²) in [6, 6.07) is 15.2. The van der Waals surface area contributed by atoms with Crippen LogP contribution < -0.4 is 16.2 Å². The van der Waals surface area contributed by atoms with Crippen LogP contribution in [0.25, 0.3) is 0 Å². The van der Waals surface area contributed by atoms with Crippen LogP contribution in [-0.2, 0) is 0 Å². The molecule has 5 nitrogen and oxygen atoms in total. The predicted octanol–water partition coefficient (Wildman–Crippen LogP) is 3.05. The number of benzene rings is 2. The second-order valence-corrected chi connectivity index (χ2v) is 5.13. The smallest absolute Gasteiger partial charge is 0.330 e. The van der Waals surface area contributed by atoms with E-state index in [4.69, 9.17) is 11.6 Å². The van der Waals surface area contributed by atoms with Gasteiger partial charge in [-0.05, 0) is 36.8 Å². The molecular weight excluding hydrogens is 302 g/mol. The number of hydrogen-bond donors (Lipinski definition) is 3. The second kappa shape index (κ2) is 7.47. The Labute approximate surface area is 133 Å². The number of urea groups is 1. The minimum absolute atomic E-state index is 0.173. The Morgan fingerprint density at radius 2 is 1.59 bits per heavy atom. The van der Waals surface area contributed by atoms with Crippen LogP contribution in [0.4, 0.5) is 4.79 Å². The molecule has 2 aromatic rings. The Bertz CT molecular complexity index is 644. The minimum Gasteiger partial charge on any atom is -0.330 e. The van der Waals surface area contributed by atoms with Crippen molar-refractivity contribution in [1.29, 1.82) is 0 Å². The van der Waals surface area contributed by atoms with E-state index in [1.54, 1.807) is 24.3 Å². The van der Waals surface area contributed by atoms with Crippen LogP contribution in [0.2, 0.25) is 5.02 Å². The molecule has 0 aliphatic heterocycles. The number of amides is 3. The number of carbonyl (C=O) groups is 2. The van der Waals surface area contributed by atoms with Crippen LogP contribution in [0, 0.1) is 0 Å². The molecule has 3 N–H and O–H groups in total. The summed E-state index contributed by atoms with van der Waals surface area (Å²) in [7, 11) is 0. The lowest BCUT2D eigenvalue weighted by Crippen LogP contribution is -2.47. The second-order valence-electron chi connectivity index (χ2n) is 4.69. The zero-order chi connectivity index (χ0) is 15.9. The summed E-state index contributed by atoms with van der Waals surface area (Å²) in [5.41, 5.74) is 6.02. The Hall–Kier alpha value is -2.53. The number of hydrogen-bond acceptors (Lipinski definition) is 2. The van der Waals surface area contributed by atoms with E-state index in [0.717, 1.165) is 5.56 Å². The molecule has 22 heavy (non-hydrogen) atoms. The van der Waals surface area contributed by atoms with Gasteiger partial charge in [-0.15, -0.1) is 0 Å². The monoisotopic (exact) mass is 317 g/mol. The van der Waals surface area contributed by atoms with Crippen molar-refractivity contribution in [2.45, 2.75) is 13.0 Å². The third kappa shape index (κ3) is 4.49. The summed E-state index contributed by atoms with van der Waals surface area (Å²) in [4.78, 5) is 23.6. The van der Waals surface area contributed by atoms with Gasteiger partial charge in [0.05, 0.1) is 6.04 Å². The molecule has 1 atom stereocenters. The third-order valence-electron chi connectivity index (χ3n) is 3.04. The van der Waals surface area contributed by atoms with Gasteiger partial charge in [-0.25, -0.2) is 10.2 Å². The molecule has 1 unspecified atom stereocenters. The number of halogens is 1. The molecular formula is C16H16ClN3O2. The van der Waals surface area contributed by atoms with Crippen LogP contribution in [0.5, 0.6) is 0 Å². The summed E-state index contributed by atoms with van der Waals surface area (Å²) in [5.74, 6) is -0.417. The van der Waals surface area contributed by atoms with E-state index < -0.39 is 11.9 Å². The van der Waals surface area contributed by atoms with E-state index in [2.05, 4.69) is 16.2 Å². The van der Waals surface area contributed by atoms with Crippen molar-refractivity contribution < 1.29 is 9.59 Å². The van der Waals surface area contributed by atoms with E-state index in [1.807, 2.05) is 37.3 Å². The van der Waals surface area contributed by atoms with Crippen molar-refractivity contribution in [1.82, 2.24) is 16.2 Å². The summed E-state index contributed by atoms with van der Waals surface area (Å²) < 4.78 is 0. The minimum atomic E-state index is -0.487. The average Bonchev–Trinajstić information content (AvgIpc) is 2.54. The topological polar surface area (TPSA) is 70.2 Å². The van der Waals surface area contributed by atoms with Crippen LogP contribution in [-0.4, -0.2) is 11.9 Å². The summed E-state index contributed by atoms with van der Waals surface area (Å²) in [6.45, 7) is 1.86. The van der Waals surface area contributed by atoms with Crippen molar-refractivity contribution in [2.24, 2.45) is 0 Å². The lowest BCUT2D eigenvalue weighted by Gasteiger charge is -2.15. The normalized spacial score (nSPS) is 11.4. The van der Waals surface area contributed by atoms with Crippen molar-refractivity contribution in [3.63, 3.8) is 0 Å². The third-order valence-corrected chi connectivity index (χ3v) is 3.30. The van der Waals surface area contributed by atoms with Gasteiger partial charge in [-0.2, -0.15) is 0 Å². The highest BCUT2D eigenvalue weighted by atomic mass is 35.5. The number of carbonyl (C=O) groups excluding carboxylic acids is 2. The molecule has 0 aliphatic carbocycles. The number of nitrogens with one attached hydrogen (secondary N) is 3. The molecule has 0 heterocycles. The molecule has 0 fully saturated rings. The van der Waals surface area contributed by atoms with Gasteiger partial charge in [-0.1, -0.05) is 41.9 Å². The zero-order valence-corrected chi connectivity index (χ0v) is 12.7. The molecule has 0 aliphatic rings. The molecule has 2 rings (SSSR count). The fourth-order valence-electron chi connectivity index (χ4n) is 1.84. The molecule has 0 bridgehead atoms. The largest absolute Gasteiger partial charge is 0.333 e. The molecule has 0 radical (unpaired) electrons. The maximum absolute atomic E-state index is 11.8. The Balaban J connectivity index is 1.82. The first-order chi connectivity index (χ1) is 10.6. The van der Waals surface area contributed by atoms with Gasteiger partial charge in [0.1, 0.15) is 0 Å². The fraction of sp³-hybridized carbons (Fsp3) is 0.125. The standard InChI is InChI=1S/C16H16ClN3O2/c1-11(12-5-3-2-4-6-12)18-16(22)20-19-15(21)13-7-9-14(17)10-8-13/h2-11H,1H3,(H,19,21)(H2,18,20,22). The lowest BCUT2D eigenvalue weighted by atomic mass is 10.1. The number of hydrazine groups is 1. The van der Waals surface area contributed by atoms with Crippen LogP contribution in [0.15, 0.2) is 54.6 Å². The maximum Gasteiger partial charge on any atom is 0.333 e. The molecule has 0 saturated carbocycles. The molecule has 6 heteroatoms. The first kappa shape index (κ1) is 15.9. The summed E-state index contributed by atoms with van der Waals surface area (Å²) >= 11 is 5.75. The zero-order valence-electron chi connectivity index (χ0n) is 12.0. The van der Waals surface area contributed by atoms with Crippen molar-refractivity contribution in [3.8, 4) is 0 Å². The first-order valence-electron chi connectivity index (χ1n) is 6.73. The average molecular weight is 318 g/mol. The van der Waals surface area contributed by atoms with E-state index in [0.29, 0.717) is 10.6 Å². The predicted molar refractivity (Wildman–Crippen MR) is 85.4 cm³/mol.